The molecule has 0 aromatic carbocycles. The lowest BCUT2D eigenvalue weighted by Crippen LogP contribution is -2.48. The summed E-state index contributed by atoms with van der Waals surface area (Å²) in [6, 6.07) is 0. The van der Waals surface area contributed by atoms with Gasteiger partial charge in [0.1, 0.15) is 12.4 Å². The van der Waals surface area contributed by atoms with Crippen molar-refractivity contribution < 1.29 is 4.79 Å². The highest BCUT2D eigenvalue weighted by Crippen LogP contribution is 2.22. The van der Waals surface area contributed by atoms with Crippen LogP contribution in [0.3, 0.4) is 0 Å². The number of piperazine rings is 1. The van der Waals surface area contributed by atoms with Crippen molar-refractivity contribution in [3.8, 4) is 0 Å². The molecule has 0 radical (unpaired) electrons. The summed E-state index contributed by atoms with van der Waals surface area (Å²) in [5.41, 5.74) is 2.52. The molecule has 0 unspecified atom stereocenters. The molecule has 1 aromatic heterocycles. The van der Waals surface area contributed by atoms with Crippen LogP contribution in [0.15, 0.2) is 0 Å². The number of aryl methyl sites for hydroxylation is 2. The Balaban J connectivity index is 1.71. The Hall–Kier alpha value is -1.36. The highest BCUT2D eigenvalue weighted by molar-refractivity contribution is 5.76. The zero-order valence-corrected chi connectivity index (χ0v) is 12.6. The van der Waals surface area contributed by atoms with Gasteiger partial charge in [-0.2, -0.15) is 0 Å². The zero-order chi connectivity index (χ0) is 14.1. The van der Waals surface area contributed by atoms with Gasteiger partial charge < -0.3 is 14.4 Å². The number of carbonyl (C=O) groups excluding carboxylic acids is 1. The fourth-order valence-corrected chi connectivity index (χ4v) is 3.24. The molecular weight excluding hydrogens is 252 g/mol. The van der Waals surface area contributed by atoms with E-state index in [-0.39, 0.29) is 5.91 Å². The van der Waals surface area contributed by atoms with E-state index in [1.807, 2.05) is 11.8 Å². The molecule has 0 spiro atoms. The van der Waals surface area contributed by atoms with Crippen LogP contribution in [-0.2, 0) is 24.2 Å². The Bertz CT molecular complexity index is 500. The largest absolute Gasteiger partial charge is 0.339 e. The lowest BCUT2D eigenvalue weighted by Gasteiger charge is -2.32. The van der Waals surface area contributed by atoms with E-state index in [2.05, 4.69) is 21.5 Å². The van der Waals surface area contributed by atoms with Crippen LogP contribution in [0.4, 0.5) is 0 Å². The van der Waals surface area contributed by atoms with Crippen LogP contribution in [0, 0.1) is 6.92 Å². The van der Waals surface area contributed by atoms with E-state index >= 15 is 0 Å². The van der Waals surface area contributed by atoms with E-state index in [9.17, 15) is 4.79 Å². The summed E-state index contributed by atoms with van der Waals surface area (Å²) in [5, 5.41) is 0. The molecule has 110 valence electrons. The number of rotatable bonds is 2. The van der Waals surface area contributed by atoms with Crippen molar-refractivity contribution in [2.24, 2.45) is 0 Å². The number of hydrogen-bond acceptors (Lipinski definition) is 3. The summed E-state index contributed by atoms with van der Waals surface area (Å²) in [7, 11) is 2.11. The van der Waals surface area contributed by atoms with Gasteiger partial charge in [0.2, 0.25) is 5.91 Å². The van der Waals surface area contributed by atoms with Crippen molar-refractivity contribution >= 4 is 5.91 Å². The van der Waals surface area contributed by atoms with Gasteiger partial charge in [0, 0.05) is 31.9 Å². The topological polar surface area (TPSA) is 41.4 Å². The molecule has 5 nitrogen and oxygen atoms in total. The number of imidazole rings is 1. The highest BCUT2D eigenvalue weighted by atomic mass is 16.2. The number of carbonyl (C=O) groups is 1. The molecule has 2 heterocycles. The first-order valence-corrected chi connectivity index (χ1v) is 7.66. The van der Waals surface area contributed by atoms with Crippen LogP contribution in [0.2, 0.25) is 0 Å². The second kappa shape index (κ2) is 5.56. The summed E-state index contributed by atoms with van der Waals surface area (Å²) in [4.78, 5) is 21.4. The number of amides is 1. The molecular formula is C15H24N4O. The Morgan fingerprint density at radius 2 is 1.85 bits per heavy atom. The summed E-state index contributed by atoms with van der Waals surface area (Å²) >= 11 is 0. The molecule has 1 amide bonds. The van der Waals surface area contributed by atoms with Gasteiger partial charge in [-0.3, -0.25) is 4.79 Å². The molecule has 5 heteroatoms. The van der Waals surface area contributed by atoms with Crippen LogP contribution in [0.1, 0.15) is 30.1 Å². The second-order valence-electron chi connectivity index (χ2n) is 6.03. The predicted molar refractivity (Wildman–Crippen MR) is 77.7 cm³/mol. The third-order valence-corrected chi connectivity index (χ3v) is 4.57. The van der Waals surface area contributed by atoms with Gasteiger partial charge >= 0.3 is 0 Å². The highest BCUT2D eigenvalue weighted by Gasteiger charge is 2.23. The minimum atomic E-state index is 0.243. The van der Waals surface area contributed by atoms with Gasteiger partial charge in [-0.15, -0.1) is 0 Å². The minimum absolute atomic E-state index is 0.243. The molecule has 0 bridgehead atoms. The summed E-state index contributed by atoms with van der Waals surface area (Å²) < 4.78 is 2.15. The maximum atomic E-state index is 12.5. The smallest absolute Gasteiger partial charge is 0.242 e. The summed E-state index contributed by atoms with van der Waals surface area (Å²) in [5.74, 6) is 1.24. The van der Waals surface area contributed by atoms with E-state index in [4.69, 9.17) is 0 Å². The van der Waals surface area contributed by atoms with Gasteiger partial charge in [-0.1, -0.05) is 0 Å². The number of likely N-dealkylation sites (N-methyl/N-ethyl adjacent to an activating group) is 1. The third-order valence-electron chi connectivity index (χ3n) is 4.57. The van der Waals surface area contributed by atoms with E-state index < -0.39 is 0 Å². The molecule has 1 aliphatic carbocycles. The van der Waals surface area contributed by atoms with Gasteiger partial charge in [-0.05, 0) is 39.7 Å². The Labute approximate surface area is 120 Å². The first-order valence-electron chi connectivity index (χ1n) is 7.66. The Morgan fingerprint density at radius 3 is 2.60 bits per heavy atom. The van der Waals surface area contributed by atoms with Gasteiger partial charge in [0.15, 0.2) is 0 Å². The van der Waals surface area contributed by atoms with Crippen LogP contribution in [0.25, 0.3) is 0 Å². The van der Waals surface area contributed by atoms with Crippen molar-refractivity contribution in [2.75, 3.05) is 33.2 Å². The zero-order valence-electron chi connectivity index (χ0n) is 12.6. The molecule has 1 aliphatic heterocycles. The van der Waals surface area contributed by atoms with E-state index in [1.165, 1.54) is 24.2 Å². The lowest BCUT2D eigenvalue weighted by atomic mass is 10.0. The monoisotopic (exact) mass is 276 g/mol. The third kappa shape index (κ3) is 2.59. The molecule has 20 heavy (non-hydrogen) atoms. The predicted octanol–water partition coefficient (Wildman–Crippen LogP) is 0.844. The molecule has 3 rings (SSSR count). The van der Waals surface area contributed by atoms with E-state index in [1.54, 1.807) is 0 Å². The minimum Gasteiger partial charge on any atom is -0.339 e. The van der Waals surface area contributed by atoms with E-state index in [0.29, 0.717) is 6.54 Å². The van der Waals surface area contributed by atoms with Gasteiger partial charge in [0.25, 0.3) is 0 Å². The Kier molecular flexibility index (Phi) is 3.78. The van der Waals surface area contributed by atoms with Crippen molar-refractivity contribution in [3.05, 3.63) is 17.2 Å². The number of aromatic nitrogens is 2. The molecule has 1 aromatic rings. The number of fused-ring (bicyclic) bond motifs is 1. The van der Waals surface area contributed by atoms with Crippen LogP contribution in [0.5, 0.6) is 0 Å². The standard InChI is InChI=1S/C15H24N4O/c1-12-16-13-5-3-4-6-14(13)19(12)11-15(20)18-9-7-17(2)8-10-18/h3-11H2,1-2H3. The molecule has 1 fully saturated rings. The average Bonchev–Trinajstić information content (AvgIpc) is 2.76. The van der Waals surface area contributed by atoms with Crippen LogP contribution < -0.4 is 0 Å². The average molecular weight is 276 g/mol. The fraction of sp³-hybridized carbons (Fsp3) is 0.733. The Morgan fingerprint density at radius 1 is 1.15 bits per heavy atom. The van der Waals surface area contributed by atoms with Crippen molar-refractivity contribution in [3.63, 3.8) is 0 Å². The first-order chi connectivity index (χ1) is 9.65. The quantitative estimate of drug-likeness (QED) is 0.804. The molecule has 1 saturated heterocycles. The van der Waals surface area contributed by atoms with Crippen molar-refractivity contribution in [2.45, 2.75) is 39.2 Å². The van der Waals surface area contributed by atoms with Crippen molar-refractivity contribution in [1.29, 1.82) is 0 Å². The van der Waals surface area contributed by atoms with Crippen LogP contribution in [-0.4, -0.2) is 58.5 Å². The maximum Gasteiger partial charge on any atom is 0.242 e. The van der Waals surface area contributed by atoms with E-state index in [0.717, 1.165) is 44.8 Å². The number of nitrogens with zero attached hydrogens (tertiary/aromatic N) is 4. The summed E-state index contributed by atoms with van der Waals surface area (Å²) in [6.07, 6.45) is 4.61. The SMILES string of the molecule is Cc1nc2c(n1CC(=O)N1CCN(C)CC1)CCCC2. The molecule has 0 N–H and O–H groups in total. The first kappa shape index (κ1) is 13.6. The molecule has 0 saturated carbocycles. The number of hydrogen-bond donors (Lipinski definition) is 0. The van der Waals surface area contributed by atoms with Gasteiger partial charge in [0.05, 0.1) is 5.69 Å². The summed E-state index contributed by atoms with van der Waals surface area (Å²) in [6.45, 7) is 6.16. The normalized spacial score (nSPS) is 20.0. The molecule has 2 aliphatic rings. The van der Waals surface area contributed by atoms with Crippen molar-refractivity contribution in [1.82, 2.24) is 19.4 Å². The maximum absolute atomic E-state index is 12.5. The fourth-order valence-electron chi connectivity index (χ4n) is 3.24. The molecule has 0 atom stereocenters. The van der Waals surface area contributed by atoms with Crippen LogP contribution >= 0.6 is 0 Å². The second-order valence-corrected chi connectivity index (χ2v) is 6.03. The lowest BCUT2D eigenvalue weighted by molar-refractivity contribution is -0.133. The van der Waals surface area contributed by atoms with Gasteiger partial charge in [-0.25, -0.2) is 4.98 Å².